The SMILES string of the molecule is COc1ccc(-c2cc3c(c(NCC4(F)CCCNC4)n2)=C(C)CCC=CN=3)cc1OC. The zero-order valence-electron chi connectivity index (χ0n) is 19.0. The summed E-state index contributed by atoms with van der Waals surface area (Å²) in [5, 5.41) is 8.30. The van der Waals surface area contributed by atoms with Crippen molar-refractivity contribution in [2.45, 2.75) is 38.3 Å². The number of rotatable bonds is 6. The van der Waals surface area contributed by atoms with Gasteiger partial charge in [0.15, 0.2) is 11.5 Å². The van der Waals surface area contributed by atoms with Gasteiger partial charge in [-0.05, 0) is 63.4 Å². The van der Waals surface area contributed by atoms with Crippen LogP contribution in [0.3, 0.4) is 0 Å². The van der Waals surface area contributed by atoms with E-state index < -0.39 is 5.67 Å². The molecule has 0 aliphatic carbocycles. The second-order valence-electron chi connectivity index (χ2n) is 8.44. The minimum atomic E-state index is -1.29. The number of nitrogens with zero attached hydrogens (tertiary/aromatic N) is 2. The molecule has 0 bridgehead atoms. The Morgan fingerprint density at radius 2 is 2.03 bits per heavy atom. The number of allylic oxidation sites excluding steroid dienone is 1. The Balaban J connectivity index is 1.81. The van der Waals surface area contributed by atoms with Crippen LogP contribution in [0.4, 0.5) is 10.2 Å². The van der Waals surface area contributed by atoms with Crippen LogP contribution in [0.2, 0.25) is 0 Å². The number of halogens is 1. The molecule has 1 unspecified atom stereocenters. The van der Waals surface area contributed by atoms with Crippen LogP contribution in [0.25, 0.3) is 16.8 Å². The highest BCUT2D eigenvalue weighted by Crippen LogP contribution is 2.31. The highest BCUT2D eigenvalue weighted by molar-refractivity contribution is 5.66. The van der Waals surface area contributed by atoms with Crippen LogP contribution in [0, 0.1) is 0 Å². The summed E-state index contributed by atoms with van der Waals surface area (Å²) < 4.78 is 26.2. The second-order valence-corrected chi connectivity index (χ2v) is 8.44. The van der Waals surface area contributed by atoms with Crippen LogP contribution >= 0.6 is 0 Å². The fourth-order valence-corrected chi connectivity index (χ4v) is 4.28. The number of benzene rings is 1. The molecule has 0 saturated carbocycles. The lowest BCUT2D eigenvalue weighted by atomic mass is 9.96. The van der Waals surface area contributed by atoms with E-state index in [0.29, 0.717) is 30.3 Å². The fourth-order valence-electron chi connectivity index (χ4n) is 4.28. The fraction of sp³-hybridized carbons (Fsp3) is 0.440. The molecule has 6 nitrogen and oxygen atoms in total. The molecule has 3 heterocycles. The quantitative estimate of drug-likeness (QED) is 0.724. The number of methoxy groups -OCH3 is 2. The Morgan fingerprint density at radius 1 is 1.19 bits per heavy atom. The van der Waals surface area contributed by atoms with Crippen molar-refractivity contribution in [3.63, 3.8) is 0 Å². The van der Waals surface area contributed by atoms with Gasteiger partial charge in [0, 0.05) is 23.5 Å². The maximum atomic E-state index is 15.3. The molecule has 1 aromatic carbocycles. The van der Waals surface area contributed by atoms with Gasteiger partial charge < -0.3 is 20.1 Å². The molecular weight excluding hydrogens is 407 g/mol. The number of hydrogen-bond donors (Lipinski definition) is 2. The van der Waals surface area contributed by atoms with Gasteiger partial charge in [-0.1, -0.05) is 11.6 Å². The maximum Gasteiger partial charge on any atom is 0.161 e. The molecule has 170 valence electrons. The normalized spacial score (nSPS) is 20.6. The van der Waals surface area contributed by atoms with Gasteiger partial charge in [0.2, 0.25) is 0 Å². The molecule has 0 spiro atoms. The number of hydrogen-bond acceptors (Lipinski definition) is 6. The van der Waals surface area contributed by atoms with Crippen molar-refractivity contribution >= 4 is 11.4 Å². The largest absolute Gasteiger partial charge is 0.493 e. The standard InChI is InChI=1S/C25H31FN4O2/c1-17-7-4-5-12-28-20-14-19(18-8-9-21(31-2)22(13-18)32-3)30-24(23(17)20)29-16-25(26)10-6-11-27-15-25/h5,8-9,12-14,27H,4,6-7,10-11,15-16H2,1-3H3,(H,29,30). The minimum absolute atomic E-state index is 0.206. The lowest BCUT2D eigenvalue weighted by molar-refractivity contribution is 0.137. The molecular formula is C25H31FN4O2. The molecule has 2 aromatic rings. The van der Waals surface area contributed by atoms with Gasteiger partial charge in [0.05, 0.1) is 31.8 Å². The van der Waals surface area contributed by atoms with Crippen molar-refractivity contribution in [1.29, 1.82) is 0 Å². The van der Waals surface area contributed by atoms with E-state index in [1.165, 1.54) is 5.57 Å². The average Bonchev–Trinajstić information content (AvgIpc) is 2.80. The minimum Gasteiger partial charge on any atom is -0.493 e. The Hall–Kier alpha value is -2.93. The summed E-state index contributed by atoms with van der Waals surface area (Å²) in [4.78, 5) is 9.61. The zero-order valence-corrected chi connectivity index (χ0v) is 19.0. The molecule has 1 atom stereocenters. The van der Waals surface area contributed by atoms with Crippen molar-refractivity contribution < 1.29 is 13.9 Å². The number of alkyl halides is 1. The van der Waals surface area contributed by atoms with Crippen molar-refractivity contribution in [2.75, 3.05) is 39.2 Å². The van der Waals surface area contributed by atoms with E-state index in [2.05, 4.69) is 28.6 Å². The first-order valence-corrected chi connectivity index (χ1v) is 11.1. The number of piperidine rings is 1. The Kier molecular flexibility index (Phi) is 6.74. The predicted molar refractivity (Wildman–Crippen MR) is 125 cm³/mol. The van der Waals surface area contributed by atoms with E-state index in [0.717, 1.165) is 47.6 Å². The molecule has 2 aliphatic heterocycles. The lowest BCUT2D eigenvalue weighted by Gasteiger charge is -2.30. The van der Waals surface area contributed by atoms with Crippen LogP contribution in [0.5, 0.6) is 11.5 Å². The zero-order chi connectivity index (χ0) is 22.6. The average molecular weight is 439 g/mol. The number of nitrogens with one attached hydrogen (secondary N) is 2. The molecule has 0 amide bonds. The molecule has 32 heavy (non-hydrogen) atoms. The Bertz CT molecular complexity index is 1120. The van der Waals surface area contributed by atoms with Crippen LogP contribution in [-0.2, 0) is 0 Å². The van der Waals surface area contributed by atoms with E-state index in [1.807, 2.05) is 30.5 Å². The van der Waals surface area contributed by atoms with E-state index >= 15 is 4.39 Å². The maximum absolute atomic E-state index is 15.3. The van der Waals surface area contributed by atoms with Crippen molar-refractivity contribution in [3.8, 4) is 22.8 Å². The molecule has 1 saturated heterocycles. The molecule has 4 rings (SSSR count). The van der Waals surface area contributed by atoms with Crippen molar-refractivity contribution in [3.05, 3.63) is 47.1 Å². The molecule has 1 fully saturated rings. The molecule has 1 aromatic heterocycles. The summed E-state index contributed by atoms with van der Waals surface area (Å²) in [5.41, 5.74) is 1.52. The van der Waals surface area contributed by atoms with Gasteiger partial charge >= 0.3 is 0 Å². The summed E-state index contributed by atoms with van der Waals surface area (Å²) in [6, 6.07) is 7.68. The van der Waals surface area contributed by atoms with E-state index in [4.69, 9.17) is 14.5 Å². The monoisotopic (exact) mass is 438 g/mol. The van der Waals surface area contributed by atoms with Gasteiger partial charge in [0.1, 0.15) is 11.5 Å². The third kappa shape index (κ3) is 4.78. The van der Waals surface area contributed by atoms with Gasteiger partial charge in [-0.3, -0.25) is 4.99 Å². The molecule has 2 aliphatic rings. The van der Waals surface area contributed by atoms with Crippen LogP contribution in [0.1, 0.15) is 32.6 Å². The lowest BCUT2D eigenvalue weighted by Crippen LogP contribution is -2.47. The Labute approximate surface area is 188 Å². The highest BCUT2D eigenvalue weighted by Gasteiger charge is 2.31. The first-order chi connectivity index (χ1) is 15.5. The third-order valence-electron chi connectivity index (χ3n) is 6.10. The van der Waals surface area contributed by atoms with Gasteiger partial charge in [0.25, 0.3) is 0 Å². The molecule has 7 heteroatoms. The Morgan fingerprint density at radius 3 is 2.78 bits per heavy atom. The van der Waals surface area contributed by atoms with Crippen molar-refractivity contribution in [2.24, 2.45) is 4.99 Å². The molecule has 0 radical (unpaired) electrons. The summed E-state index contributed by atoms with van der Waals surface area (Å²) in [6.45, 7) is 3.53. The number of anilines is 1. The first kappa shape index (κ1) is 22.3. The van der Waals surface area contributed by atoms with Crippen LogP contribution in [-0.4, -0.2) is 44.5 Å². The van der Waals surface area contributed by atoms with E-state index in [-0.39, 0.29) is 6.54 Å². The smallest absolute Gasteiger partial charge is 0.161 e. The number of fused-ring (bicyclic) bond motifs is 1. The van der Waals surface area contributed by atoms with E-state index in [9.17, 15) is 0 Å². The first-order valence-electron chi connectivity index (χ1n) is 11.1. The highest BCUT2D eigenvalue weighted by atomic mass is 19.1. The van der Waals surface area contributed by atoms with Crippen LogP contribution < -0.4 is 30.7 Å². The summed E-state index contributed by atoms with van der Waals surface area (Å²) >= 11 is 0. The third-order valence-corrected chi connectivity index (χ3v) is 6.10. The van der Waals surface area contributed by atoms with Gasteiger partial charge in [-0.15, -0.1) is 0 Å². The number of aromatic nitrogens is 1. The summed E-state index contributed by atoms with van der Waals surface area (Å²) in [6.07, 6.45) is 7.12. The van der Waals surface area contributed by atoms with Gasteiger partial charge in [-0.2, -0.15) is 0 Å². The van der Waals surface area contributed by atoms with Gasteiger partial charge in [-0.25, -0.2) is 9.37 Å². The number of pyridine rings is 1. The predicted octanol–water partition coefficient (Wildman–Crippen LogP) is 3.37. The van der Waals surface area contributed by atoms with E-state index in [1.54, 1.807) is 14.2 Å². The summed E-state index contributed by atoms with van der Waals surface area (Å²) in [7, 11) is 3.22. The second kappa shape index (κ2) is 9.69. The number of ether oxygens (including phenoxy) is 2. The van der Waals surface area contributed by atoms with Crippen LogP contribution in [0.15, 0.2) is 41.5 Å². The topological polar surface area (TPSA) is 67.8 Å². The van der Waals surface area contributed by atoms with Crippen molar-refractivity contribution in [1.82, 2.24) is 10.3 Å². The molecule has 2 N–H and O–H groups in total. The summed E-state index contributed by atoms with van der Waals surface area (Å²) in [5.74, 6) is 1.96.